The lowest BCUT2D eigenvalue weighted by Gasteiger charge is -2.14. The van der Waals surface area contributed by atoms with Gasteiger partial charge in [-0.3, -0.25) is 0 Å². The van der Waals surface area contributed by atoms with Crippen LogP contribution in [0, 0.1) is 0 Å². The van der Waals surface area contributed by atoms with Crippen molar-refractivity contribution in [1.82, 2.24) is 13.7 Å². The predicted octanol–water partition coefficient (Wildman–Crippen LogP) is 14.5. The Bertz CT molecular complexity index is 3750. The van der Waals surface area contributed by atoms with Crippen LogP contribution in [0.5, 0.6) is 0 Å². The first-order chi connectivity index (χ1) is 28.8. The van der Waals surface area contributed by atoms with E-state index in [1.807, 2.05) is 0 Å². The summed E-state index contributed by atoms with van der Waals surface area (Å²) in [4.78, 5) is 0. The van der Waals surface area contributed by atoms with Gasteiger partial charge in [0.1, 0.15) is 5.58 Å². The molecule has 0 fully saturated rings. The first kappa shape index (κ1) is 31.4. The van der Waals surface area contributed by atoms with E-state index in [9.17, 15) is 0 Å². The van der Waals surface area contributed by atoms with Gasteiger partial charge in [-0.1, -0.05) is 140 Å². The molecule has 0 aliphatic heterocycles. The Kier molecular flexibility index (Phi) is 6.41. The lowest BCUT2D eigenvalue weighted by molar-refractivity contribution is 0.666. The van der Waals surface area contributed by atoms with Gasteiger partial charge in [0.15, 0.2) is 5.58 Å². The van der Waals surface area contributed by atoms with Crippen LogP contribution in [0.1, 0.15) is 0 Å². The summed E-state index contributed by atoms with van der Waals surface area (Å²) in [5, 5.41) is 9.55. The topological polar surface area (TPSA) is 27.9 Å². The maximum absolute atomic E-state index is 6.97. The lowest BCUT2D eigenvalue weighted by Crippen LogP contribution is -1.98. The molecule has 13 rings (SSSR count). The highest BCUT2D eigenvalue weighted by Crippen LogP contribution is 2.46. The molecule has 4 aromatic heterocycles. The van der Waals surface area contributed by atoms with Crippen LogP contribution in [-0.4, -0.2) is 13.7 Å². The Morgan fingerprint density at radius 1 is 0.293 bits per heavy atom. The van der Waals surface area contributed by atoms with Crippen molar-refractivity contribution in [1.29, 1.82) is 0 Å². The van der Waals surface area contributed by atoms with Crippen LogP contribution in [0.3, 0.4) is 0 Å². The van der Waals surface area contributed by atoms with E-state index < -0.39 is 0 Å². The molecule has 58 heavy (non-hydrogen) atoms. The van der Waals surface area contributed by atoms with Gasteiger partial charge in [0, 0.05) is 54.3 Å². The van der Waals surface area contributed by atoms with E-state index in [2.05, 4.69) is 214 Å². The molecule has 0 aliphatic rings. The molecule has 0 unspecified atom stereocenters. The average molecular weight is 740 g/mol. The van der Waals surface area contributed by atoms with Crippen molar-refractivity contribution >= 4 is 87.4 Å². The molecule has 0 aliphatic carbocycles. The second-order valence-corrected chi connectivity index (χ2v) is 15.2. The molecular formula is C54H33N3O. The number of aromatic nitrogens is 3. The molecule has 0 spiro atoms. The summed E-state index contributed by atoms with van der Waals surface area (Å²) in [5.74, 6) is 0. The van der Waals surface area contributed by atoms with Crippen LogP contribution in [0.4, 0.5) is 0 Å². The fourth-order valence-corrected chi connectivity index (χ4v) is 9.94. The fourth-order valence-electron chi connectivity index (χ4n) is 9.94. The summed E-state index contributed by atoms with van der Waals surface area (Å²) in [5.41, 5.74) is 14.4. The van der Waals surface area contributed by atoms with E-state index >= 15 is 0 Å². The number of benzene rings is 9. The van der Waals surface area contributed by atoms with Crippen LogP contribution in [-0.2, 0) is 0 Å². The van der Waals surface area contributed by atoms with Crippen LogP contribution in [0.15, 0.2) is 205 Å². The van der Waals surface area contributed by atoms with Crippen molar-refractivity contribution in [3.63, 3.8) is 0 Å². The van der Waals surface area contributed by atoms with Crippen molar-refractivity contribution < 1.29 is 4.42 Å². The Labute approximate surface area is 332 Å². The molecule has 4 heterocycles. The van der Waals surface area contributed by atoms with Gasteiger partial charge < -0.3 is 18.1 Å². The summed E-state index contributed by atoms with van der Waals surface area (Å²) in [6.45, 7) is 0. The SMILES string of the molecule is c1ccc(-n2c3ccccc3c3c(-n4c5ccccc5c5cccc(-c6cccc7oc8c(-n9c%10ccccc%10c%10ccccc%109)cccc8c67)c54)cccc32)cc1. The first-order valence-electron chi connectivity index (χ1n) is 19.9. The van der Waals surface area contributed by atoms with Gasteiger partial charge in [-0.2, -0.15) is 0 Å². The summed E-state index contributed by atoms with van der Waals surface area (Å²) in [6.07, 6.45) is 0. The number of hydrogen-bond acceptors (Lipinski definition) is 1. The summed E-state index contributed by atoms with van der Waals surface area (Å²) >= 11 is 0. The second-order valence-electron chi connectivity index (χ2n) is 15.2. The molecule has 4 nitrogen and oxygen atoms in total. The number of fused-ring (bicyclic) bond motifs is 12. The van der Waals surface area contributed by atoms with Gasteiger partial charge in [0.2, 0.25) is 0 Å². The third-order valence-electron chi connectivity index (χ3n) is 12.2. The minimum Gasteiger partial charge on any atom is -0.454 e. The highest BCUT2D eigenvalue weighted by molar-refractivity contribution is 6.22. The maximum Gasteiger partial charge on any atom is 0.159 e. The number of nitrogens with zero attached hydrogens (tertiary/aromatic N) is 3. The van der Waals surface area contributed by atoms with E-state index in [1.165, 1.54) is 54.4 Å². The summed E-state index contributed by atoms with van der Waals surface area (Å²) in [6, 6.07) is 72.3. The number of rotatable bonds is 4. The van der Waals surface area contributed by atoms with Crippen LogP contribution in [0.25, 0.3) is 116 Å². The fraction of sp³-hybridized carbons (Fsp3) is 0. The Hall–Kier alpha value is -7.82. The van der Waals surface area contributed by atoms with Crippen LogP contribution < -0.4 is 0 Å². The van der Waals surface area contributed by atoms with Gasteiger partial charge in [-0.15, -0.1) is 0 Å². The molecule has 0 atom stereocenters. The lowest BCUT2D eigenvalue weighted by atomic mass is 9.97. The monoisotopic (exact) mass is 739 g/mol. The third-order valence-corrected chi connectivity index (χ3v) is 12.2. The van der Waals surface area contributed by atoms with Crippen molar-refractivity contribution in [2.45, 2.75) is 0 Å². The van der Waals surface area contributed by atoms with Crippen LogP contribution >= 0.6 is 0 Å². The molecule has 9 aromatic carbocycles. The normalized spacial score (nSPS) is 12.1. The second kappa shape index (κ2) is 11.8. The van der Waals surface area contributed by atoms with E-state index in [-0.39, 0.29) is 0 Å². The molecule has 0 radical (unpaired) electrons. The van der Waals surface area contributed by atoms with Crippen LogP contribution in [0.2, 0.25) is 0 Å². The van der Waals surface area contributed by atoms with E-state index in [0.29, 0.717) is 0 Å². The molecule has 0 saturated heterocycles. The van der Waals surface area contributed by atoms with Gasteiger partial charge in [-0.05, 0) is 66.2 Å². The number of furan rings is 1. The Morgan fingerprint density at radius 2 is 0.793 bits per heavy atom. The number of para-hydroxylation sites is 7. The van der Waals surface area contributed by atoms with Gasteiger partial charge >= 0.3 is 0 Å². The zero-order chi connectivity index (χ0) is 37.9. The Balaban J connectivity index is 1.13. The predicted molar refractivity (Wildman–Crippen MR) is 242 cm³/mol. The highest BCUT2D eigenvalue weighted by atomic mass is 16.3. The largest absolute Gasteiger partial charge is 0.454 e. The van der Waals surface area contributed by atoms with Crippen molar-refractivity contribution in [2.75, 3.05) is 0 Å². The molecule has 270 valence electrons. The zero-order valence-electron chi connectivity index (χ0n) is 31.3. The van der Waals surface area contributed by atoms with Crippen molar-refractivity contribution in [2.24, 2.45) is 0 Å². The van der Waals surface area contributed by atoms with Gasteiger partial charge in [0.25, 0.3) is 0 Å². The molecule has 13 aromatic rings. The summed E-state index contributed by atoms with van der Waals surface area (Å²) < 4.78 is 14.2. The first-order valence-corrected chi connectivity index (χ1v) is 19.9. The molecule has 0 N–H and O–H groups in total. The standard InChI is InChI=1S/C54H33N3O/c1-2-16-34(17-3-1)55-46-29-11-7-21-41(46)52-47(55)30-15-31-48(52)57-45-28-10-6-20-37(45)39-23-12-24-40(53(39)57)38-22-14-33-50-51(38)42-25-13-32-49(54(42)58-50)56-43-26-8-4-18-35(43)36-19-5-9-27-44(36)56/h1-33H. The molecule has 0 amide bonds. The van der Waals surface area contributed by atoms with E-state index in [0.717, 1.165) is 61.2 Å². The highest BCUT2D eigenvalue weighted by Gasteiger charge is 2.24. The Morgan fingerprint density at radius 3 is 1.53 bits per heavy atom. The smallest absolute Gasteiger partial charge is 0.159 e. The van der Waals surface area contributed by atoms with E-state index in [1.54, 1.807) is 0 Å². The molecule has 0 bridgehead atoms. The molecule has 0 saturated carbocycles. The van der Waals surface area contributed by atoms with Gasteiger partial charge in [-0.25, -0.2) is 0 Å². The molecular weight excluding hydrogens is 707 g/mol. The summed E-state index contributed by atoms with van der Waals surface area (Å²) in [7, 11) is 0. The molecule has 4 heteroatoms. The van der Waals surface area contributed by atoms with Gasteiger partial charge in [0.05, 0.1) is 44.5 Å². The van der Waals surface area contributed by atoms with Crippen molar-refractivity contribution in [3.05, 3.63) is 200 Å². The maximum atomic E-state index is 6.97. The zero-order valence-corrected chi connectivity index (χ0v) is 31.3. The minimum absolute atomic E-state index is 0.869. The number of hydrogen-bond donors (Lipinski definition) is 0. The average Bonchev–Trinajstić information content (AvgIpc) is 4.03. The third kappa shape index (κ3) is 4.18. The quantitative estimate of drug-likeness (QED) is 0.177. The van der Waals surface area contributed by atoms with E-state index in [4.69, 9.17) is 4.42 Å². The van der Waals surface area contributed by atoms with Crippen molar-refractivity contribution in [3.8, 4) is 28.2 Å². The minimum atomic E-state index is 0.869.